The van der Waals surface area contributed by atoms with E-state index < -0.39 is 5.97 Å². The Morgan fingerprint density at radius 1 is 0.857 bits per heavy atom. The number of aromatic carboxylic acids is 1. The predicted molar refractivity (Wildman–Crippen MR) is 107 cm³/mol. The zero-order valence-corrected chi connectivity index (χ0v) is 15.1. The average Bonchev–Trinajstić information content (AvgIpc) is 3.09. The van der Waals surface area contributed by atoms with Gasteiger partial charge >= 0.3 is 5.97 Å². The van der Waals surface area contributed by atoms with E-state index in [1.165, 1.54) is 4.57 Å². The molecule has 0 bridgehead atoms. The van der Waals surface area contributed by atoms with Gasteiger partial charge in [0.2, 0.25) is 0 Å². The number of benzene rings is 3. The Hall–Kier alpha value is -3.86. The van der Waals surface area contributed by atoms with Crippen LogP contribution in [0.25, 0.3) is 22.2 Å². The fourth-order valence-electron chi connectivity index (χ4n) is 3.40. The molecule has 5 heteroatoms. The van der Waals surface area contributed by atoms with Crippen LogP contribution in [-0.2, 0) is 0 Å². The number of methoxy groups -OCH3 is 1. The lowest BCUT2D eigenvalue weighted by molar-refractivity contribution is 0.0700. The smallest absolute Gasteiger partial charge is 0.338 e. The zero-order chi connectivity index (χ0) is 19.7. The maximum atomic E-state index is 13.4. The molecule has 0 amide bonds. The SMILES string of the molecule is COc1ccc(-c2c(C(=O)O)c3ccccc3n2C(=O)c2ccccc2)cc1. The summed E-state index contributed by atoms with van der Waals surface area (Å²) in [6.45, 7) is 0. The van der Waals surface area contributed by atoms with E-state index in [1.54, 1.807) is 79.9 Å². The maximum Gasteiger partial charge on any atom is 0.338 e. The summed E-state index contributed by atoms with van der Waals surface area (Å²) in [6.07, 6.45) is 0. The van der Waals surface area contributed by atoms with Gasteiger partial charge in [0.15, 0.2) is 0 Å². The van der Waals surface area contributed by atoms with Crippen molar-refractivity contribution in [2.24, 2.45) is 0 Å². The molecule has 1 heterocycles. The number of para-hydroxylation sites is 1. The van der Waals surface area contributed by atoms with Gasteiger partial charge in [-0.1, -0.05) is 36.4 Å². The Bertz CT molecular complexity index is 1170. The van der Waals surface area contributed by atoms with E-state index in [9.17, 15) is 14.7 Å². The van der Waals surface area contributed by atoms with Gasteiger partial charge in [0.1, 0.15) is 5.75 Å². The van der Waals surface area contributed by atoms with Crippen molar-refractivity contribution in [2.45, 2.75) is 0 Å². The van der Waals surface area contributed by atoms with Crippen LogP contribution in [0.15, 0.2) is 78.9 Å². The minimum absolute atomic E-state index is 0.102. The summed E-state index contributed by atoms with van der Waals surface area (Å²) in [7, 11) is 1.56. The summed E-state index contributed by atoms with van der Waals surface area (Å²) in [5.74, 6) is -0.714. The molecule has 1 N–H and O–H groups in total. The third-order valence-electron chi connectivity index (χ3n) is 4.68. The standard InChI is InChI=1S/C23H17NO4/c1-28-17-13-11-15(12-14-17)21-20(23(26)27)18-9-5-6-10-19(18)24(21)22(25)16-7-3-2-4-8-16/h2-14H,1H3,(H,26,27). The second kappa shape index (κ2) is 7.04. The van der Waals surface area contributed by atoms with Crippen molar-refractivity contribution < 1.29 is 19.4 Å². The van der Waals surface area contributed by atoms with Crippen molar-refractivity contribution in [2.75, 3.05) is 7.11 Å². The highest BCUT2D eigenvalue weighted by molar-refractivity contribution is 6.15. The third kappa shape index (κ3) is 2.83. The summed E-state index contributed by atoms with van der Waals surface area (Å²) in [6, 6.07) is 22.9. The van der Waals surface area contributed by atoms with Crippen LogP contribution in [-0.4, -0.2) is 28.7 Å². The van der Waals surface area contributed by atoms with Crippen LogP contribution in [0, 0.1) is 0 Å². The number of hydrogen-bond acceptors (Lipinski definition) is 3. The van der Waals surface area contributed by atoms with Gasteiger partial charge in [0.05, 0.1) is 23.9 Å². The number of aromatic nitrogens is 1. The van der Waals surface area contributed by atoms with E-state index in [0.29, 0.717) is 33.5 Å². The lowest BCUT2D eigenvalue weighted by Crippen LogP contribution is -2.14. The molecule has 4 aromatic rings. The normalized spacial score (nSPS) is 10.8. The molecule has 4 rings (SSSR count). The molecule has 0 saturated carbocycles. The minimum atomic E-state index is -1.08. The highest BCUT2D eigenvalue weighted by atomic mass is 16.5. The largest absolute Gasteiger partial charge is 0.497 e. The molecule has 0 aliphatic heterocycles. The number of ether oxygens (including phenoxy) is 1. The van der Waals surface area contributed by atoms with Crippen molar-refractivity contribution in [1.29, 1.82) is 0 Å². The summed E-state index contributed by atoms with van der Waals surface area (Å²) in [4.78, 5) is 25.5. The summed E-state index contributed by atoms with van der Waals surface area (Å²) >= 11 is 0. The second-order valence-electron chi connectivity index (χ2n) is 6.28. The highest BCUT2D eigenvalue weighted by Crippen LogP contribution is 2.35. The molecule has 138 valence electrons. The first-order chi connectivity index (χ1) is 13.6. The van der Waals surface area contributed by atoms with Gasteiger partial charge < -0.3 is 9.84 Å². The molecule has 0 aliphatic carbocycles. The van der Waals surface area contributed by atoms with E-state index in [1.807, 2.05) is 6.07 Å². The number of nitrogens with zero attached hydrogens (tertiary/aromatic N) is 1. The van der Waals surface area contributed by atoms with Crippen LogP contribution in [0.4, 0.5) is 0 Å². The number of hydrogen-bond donors (Lipinski definition) is 1. The van der Waals surface area contributed by atoms with E-state index in [4.69, 9.17) is 4.74 Å². The lowest BCUT2D eigenvalue weighted by Gasteiger charge is -2.11. The molecule has 0 atom stereocenters. The molecule has 0 spiro atoms. The first-order valence-corrected chi connectivity index (χ1v) is 8.72. The van der Waals surface area contributed by atoms with Gasteiger partial charge in [-0.2, -0.15) is 0 Å². The van der Waals surface area contributed by atoms with Crippen molar-refractivity contribution in [1.82, 2.24) is 4.57 Å². The zero-order valence-electron chi connectivity index (χ0n) is 15.1. The number of rotatable bonds is 4. The van der Waals surface area contributed by atoms with Crippen LogP contribution in [0.3, 0.4) is 0 Å². The number of carbonyl (C=O) groups is 2. The van der Waals surface area contributed by atoms with Gasteiger partial charge in [-0.05, 0) is 48.0 Å². The van der Waals surface area contributed by atoms with Crippen LogP contribution >= 0.6 is 0 Å². The predicted octanol–water partition coefficient (Wildman–Crippen LogP) is 4.70. The van der Waals surface area contributed by atoms with Crippen molar-refractivity contribution in [3.8, 4) is 17.0 Å². The molecular formula is C23H17NO4. The van der Waals surface area contributed by atoms with Gasteiger partial charge in [-0.3, -0.25) is 9.36 Å². The number of carbonyl (C=O) groups excluding carboxylic acids is 1. The average molecular weight is 371 g/mol. The quantitative estimate of drug-likeness (QED) is 0.564. The number of carboxylic acid groups (broad SMARTS) is 1. The minimum Gasteiger partial charge on any atom is -0.497 e. The molecule has 0 saturated heterocycles. The first-order valence-electron chi connectivity index (χ1n) is 8.72. The fraction of sp³-hybridized carbons (Fsp3) is 0.0435. The Balaban J connectivity index is 2.07. The summed E-state index contributed by atoms with van der Waals surface area (Å²) in [5.41, 5.74) is 2.11. The third-order valence-corrected chi connectivity index (χ3v) is 4.68. The first kappa shape index (κ1) is 17.5. The van der Waals surface area contributed by atoms with Gasteiger partial charge in [0, 0.05) is 10.9 Å². The molecule has 0 aliphatic rings. The Morgan fingerprint density at radius 3 is 2.14 bits per heavy atom. The Morgan fingerprint density at radius 2 is 1.50 bits per heavy atom. The van der Waals surface area contributed by atoms with Crippen LogP contribution in [0.1, 0.15) is 20.7 Å². The molecular weight excluding hydrogens is 354 g/mol. The van der Waals surface area contributed by atoms with Gasteiger partial charge in [-0.15, -0.1) is 0 Å². The monoisotopic (exact) mass is 371 g/mol. The lowest BCUT2D eigenvalue weighted by atomic mass is 10.0. The van der Waals surface area contributed by atoms with Crippen LogP contribution in [0.5, 0.6) is 5.75 Å². The molecule has 0 unspecified atom stereocenters. The molecule has 0 radical (unpaired) electrons. The van der Waals surface area contributed by atoms with Crippen molar-refractivity contribution in [3.05, 3.63) is 90.0 Å². The topological polar surface area (TPSA) is 68.5 Å². The van der Waals surface area contributed by atoms with Gasteiger partial charge in [0.25, 0.3) is 5.91 Å². The molecule has 1 aromatic heterocycles. The fourth-order valence-corrected chi connectivity index (χ4v) is 3.40. The van der Waals surface area contributed by atoms with E-state index in [-0.39, 0.29) is 11.5 Å². The van der Waals surface area contributed by atoms with E-state index in [0.717, 1.165) is 0 Å². The highest BCUT2D eigenvalue weighted by Gasteiger charge is 2.26. The van der Waals surface area contributed by atoms with E-state index in [2.05, 4.69) is 0 Å². The van der Waals surface area contributed by atoms with E-state index >= 15 is 0 Å². The summed E-state index contributed by atoms with van der Waals surface area (Å²) in [5, 5.41) is 10.5. The molecule has 5 nitrogen and oxygen atoms in total. The van der Waals surface area contributed by atoms with Crippen molar-refractivity contribution in [3.63, 3.8) is 0 Å². The van der Waals surface area contributed by atoms with Crippen molar-refractivity contribution >= 4 is 22.8 Å². The Labute approximate surface area is 161 Å². The number of carboxylic acids is 1. The molecule has 0 fully saturated rings. The molecule has 28 heavy (non-hydrogen) atoms. The summed E-state index contributed by atoms with van der Waals surface area (Å²) < 4.78 is 6.68. The van der Waals surface area contributed by atoms with Crippen LogP contribution in [0.2, 0.25) is 0 Å². The number of fused-ring (bicyclic) bond motifs is 1. The van der Waals surface area contributed by atoms with Gasteiger partial charge in [-0.25, -0.2) is 4.79 Å². The molecule has 3 aromatic carbocycles. The Kier molecular flexibility index (Phi) is 4.41. The van der Waals surface area contributed by atoms with Crippen LogP contribution < -0.4 is 4.74 Å². The second-order valence-corrected chi connectivity index (χ2v) is 6.28. The maximum absolute atomic E-state index is 13.4.